The minimum atomic E-state index is 0. The number of halogens is 1. The third kappa shape index (κ3) is 3.63. The zero-order valence-electron chi connectivity index (χ0n) is 10.4. The number of hydrogen-bond acceptors (Lipinski definition) is 4. The van der Waals surface area contributed by atoms with Crippen molar-refractivity contribution in [3.05, 3.63) is 46.2 Å². The number of ether oxygens (including phenoxy) is 1. The number of anilines is 1. The van der Waals surface area contributed by atoms with E-state index in [1.54, 1.807) is 23.5 Å². The quantitative estimate of drug-likeness (QED) is 0.691. The molecule has 0 aliphatic carbocycles. The number of hydrazine groups is 1. The molecule has 0 aliphatic heterocycles. The molecule has 0 radical (unpaired) electrons. The maximum absolute atomic E-state index is 6.03. The van der Waals surface area contributed by atoms with Gasteiger partial charge in [-0.25, -0.2) is 5.84 Å². The summed E-state index contributed by atoms with van der Waals surface area (Å²) in [6, 6.07) is 9.90. The van der Waals surface area contributed by atoms with Crippen LogP contribution in [-0.2, 0) is 6.54 Å². The molecule has 2 N–H and O–H groups in total. The molecule has 2 rings (SSSR count). The van der Waals surface area contributed by atoms with E-state index in [0.29, 0.717) is 0 Å². The van der Waals surface area contributed by atoms with E-state index in [2.05, 4.69) is 18.4 Å². The second-order valence-corrected chi connectivity index (χ2v) is 4.91. The average Bonchev–Trinajstić information content (AvgIpc) is 2.75. The number of thiophene rings is 1. The molecule has 0 amide bonds. The fourth-order valence-electron chi connectivity index (χ4n) is 1.61. The van der Waals surface area contributed by atoms with Crippen molar-refractivity contribution in [2.45, 2.75) is 13.5 Å². The van der Waals surface area contributed by atoms with Crippen LogP contribution in [0, 0.1) is 6.92 Å². The average molecular weight is 285 g/mol. The normalized spacial score (nSPS) is 9.72. The van der Waals surface area contributed by atoms with Crippen molar-refractivity contribution in [2.75, 3.05) is 12.1 Å². The Morgan fingerprint density at radius 3 is 2.44 bits per heavy atom. The summed E-state index contributed by atoms with van der Waals surface area (Å²) >= 11 is 1.73. The van der Waals surface area contributed by atoms with Gasteiger partial charge in [0.2, 0.25) is 0 Å². The molecular weight excluding hydrogens is 268 g/mol. The highest BCUT2D eigenvalue weighted by Crippen LogP contribution is 2.21. The van der Waals surface area contributed by atoms with Gasteiger partial charge < -0.3 is 9.75 Å². The fourth-order valence-corrected chi connectivity index (χ4v) is 2.48. The van der Waals surface area contributed by atoms with Gasteiger partial charge in [0, 0.05) is 4.88 Å². The molecule has 0 fully saturated rings. The molecular formula is C13H17ClN2OS. The van der Waals surface area contributed by atoms with Crippen molar-refractivity contribution >= 4 is 29.4 Å². The molecule has 0 aliphatic rings. The van der Waals surface area contributed by atoms with Gasteiger partial charge in [-0.15, -0.1) is 23.7 Å². The largest absolute Gasteiger partial charge is 0.497 e. The van der Waals surface area contributed by atoms with Crippen LogP contribution in [0.5, 0.6) is 5.75 Å². The molecule has 1 aromatic heterocycles. The summed E-state index contributed by atoms with van der Waals surface area (Å²) in [6.07, 6.45) is 0. The van der Waals surface area contributed by atoms with Crippen LogP contribution in [-0.4, -0.2) is 7.11 Å². The molecule has 0 unspecified atom stereocenters. The molecule has 98 valence electrons. The van der Waals surface area contributed by atoms with Crippen molar-refractivity contribution in [3.63, 3.8) is 0 Å². The second-order valence-electron chi connectivity index (χ2n) is 3.92. The molecule has 0 atom stereocenters. The molecule has 2 aromatic rings. The first-order valence-corrected chi connectivity index (χ1v) is 6.27. The molecule has 0 spiro atoms. The summed E-state index contributed by atoms with van der Waals surface area (Å²) in [7, 11) is 1.66. The molecule has 5 heteroatoms. The monoisotopic (exact) mass is 284 g/mol. The highest BCUT2D eigenvalue weighted by Gasteiger charge is 2.04. The van der Waals surface area contributed by atoms with Gasteiger partial charge >= 0.3 is 0 Å². The fraction of sp³-hybridized carbons (Fsp3) is 0.231. The van der Waals surface area contributed by atoms with Crippen LogP contribution < -0.4 is 15.6 Å². The highest BCUT2D eigenvalue weighted by atomic mass is 35.5. The van der Waals surface area contributed by atoms with E-state index in [9.17, 15) is 0 Å². The Labute approximate surface area is 118 Å². The lowest BCUT2D eigenvalue weighted by molar-refractivity contribution is 0.415. The van der Waals surface area contributed by atoms with Crippen molar-refractivity contribution in [1.82, 2.24) is 0 Å². The number of benzene rings is 1. The van der Waals surface area contributed by atoms with Gasteiger partial charge in [-0.3, -0.25) is 0 Å². The Morgan fingerprint density at radius 2 is 1.94 bits per heavy atom. The Kier molecular flexibility index (Phi) is 5.47. The van der Waals surface area contributed by atoms with Gasteiger partial charge in [-0.1, -0.05) is 0 Å². The van der Waals surface area contributed by atoms with Gasteiger partial charge in [0.1, 0.15) is 5.75 Å². The van der Waals surface area contributed by atoms with Crippen LogP contribution in [0.15, 0.2) is 35.7 Å². The van der Waals surface area contributed by atoms with Crippen LogP contribution in [0.25, 0.3) is 0 Å². The Bertz CT molecular complexity index is 484. The summed E-state index contributed by atoms with van der Waals surface area (Å²) in [6.45, 7) is 2.82. The lowest BCUT2D eigenvalue weighted by Crippen LogP contribution is -2.29. The second kappa shape index (κ2) is 6.64. The number of aryl methyl sites for hydroxylation is 1. The minimum Gasteiger partial charge on any atom is -0.497 e. The highest BCUT2D eigenvalue weighted by molar-refractivity contribution is 7.10. The van der Waals surface area contributed by atoms with Crippen LogP contribution >= 0.6 is 23.7 Å². The lowest BCUT2D eigenvalue weighted by Gasteiger charge is -2.17. The zero-order valence-corrected chi connectivity index (χ0v) is 12.1. The summed E-state index contributed by atoms with van der Waals surface area (Å²) in [5.41, 5.74) is 2.27. The third-order valence-corrected chi connectivity index (χ3v) is 3.55. The zero-order chi connectivity index (χ0) is 12.3. The first-order valence-electron chi connectivity index (χ1n) is 5.39. The van der Waals surface area contributed by atoms with Crippen molar-refractivity contribution in [2.24, 2.45) is 5.84 Å². The lowest BCUT2D eigenvalue weighted by atomic mass is 10.3. The number of hydrogen-bond donors (Lipinski definition) is 1. The topological polar surface area (TPSA) is 38.5 Å². The summed E-state index contributed by atoms with van der Waals surface area (Å²) in [4.78, 5) is 1.26. The van der Waals surface area contributed by atoms with Gasteiger partial charge in [0.05, 0.1) is 19.3 Å². The van der Waals surface area contributed by atoms with E-state index in [4.69, 9.17) is 10.6 Å². The Balaban J connectivity index is 0.00000162. The summed E-state index contributed by atoms with van der Waals surface area (Å²) in [5.74, 6) is 6.87. The van der Waals surface area contributed by atoms with E-state index in [-0.39, 0.29) is 12.4 Å². The van der Waals surface area contributed by atoms with E-state index in [1.165, 1.54) is 10.4 Å². The number of nitrogens with zero attached hydrogens (tertiary/aromatic N) is 1. The number of rotatable bonds is 4. The molecule has 18 heavy (non-hydrogen) atoms. The maximum atomic E-state index is 6.03. The number of nitrogens with two attached hydrogens (primary N) is 1. The molecule has 0 saturated carbocycles. The maximum Gasteiger partial charge on any atom is 0.119 e. The SMILES string of the molecule is COc1ccc(N(N)Cc2cc(C)cs2)cc1.Cl. The van der Waals surface area contributed by atoms with Crippen molar-refractivity contribution < 1.29 is 4.74 Å². The summed E-state index contributed by atoms with van der Waals surface area (Å²) < 4.78 is 5.11. The predicted octanol–water partition coefficient (Wildman–Crippen LogP) is 3.37. The molecule has 0 saturated heterocycles. The first-order chi connectivity index (χ1) is 8.19. The smallest absolute Gasteiger partial charge is 0.119 e. The van der Waals surface area contributed by atoms with Gasteiger partial charge in [-0.2, -0.15) is 0 Å². The molecule has 1 aromatic carbocycles. The first kappa shape index (κ1) is 14.8. The van der Waals surface area contributed by atoms with Crippen LogP contribution in [0.1, 0.15) is 10.4 Å². The Hall–Kier alpha value is -1.23. The third-order valence-electron chi connectivity index (χ3n) is 2.52. The van der Waals surface area contributed by atoms with E-state index in [0.717, 1.165) is 18.0 Å². The number of methoxy groups -OCH3 is 1. The van der Waals surface area contributed by atoms with E-state index >= 15 is 0 Å². The van der Waals surface area contributed by atoms with E-state index < -0.39 is 0 Å². The predicted molar refractivity (Wildman–Crippen MR) is 79.7 cm³/mol. The van der Waals surface area contributed by atoms with Crippen LogP contribution in [0.2, 0.25) is 0 Å². The van der Waals surface area contributed by atoms with Crippen molar-refractivity contribution in [3.8, 4) is 5.75 Å². The van der Waals surface area contributed by atoms with Gasteiger partial charge in [0.15, 0.2) is 0 Å². The summed E-state index contributed by atoms with van der Waals surface area (Å²) in [5, 5.41) is 3.88. The standard InChI is InChI=1S/C13H16N2OS.ClH/c1-10-7-13(17-9-10)8-15(14)11-3-5-12(16-2)6-4-11;/h3-7,9H,8,14H2,1-2H3;1H. The minimum absolute atomic E-state index is 0. The molecule has 1 heterocycles. The van der Waals surface area contributed by atoms with E-state index in [1.807, 2.05) is 24.3 Å². The van der Waals surface area contributed by atoms with Crippen LogP contribution in [0.4, 0.5) is 5.69 Å². The van der Waals surface area contributed by atoms with Gasteiger partial charge in [-0.05, 0) is 48.2 Å². The van der Waals surface area contributed by atoms with Gasteiger partial charge in [0.25, 0.3) is 0 Å². The van der Waals surface area contributed by atoms with Crippen LogP contribution in [0.3, 0.4) is 0 Å². The molecule has 0 bridgehead atoms. The van der Waals surface area contributed by atoms with Crippen molar-refractivity contribution in [1.29, 1.82) is 0 Å². The Morgan fingerprint density at radius 1 is 1.28 bits per heavy atom. The molecule has 3 nitrogen and oxygen atoms in total.